The lowest BCUT2D eigenvalue weighted by molar-refractivity contribution is -0.136. The molecule has 3 aromatic heterocycles. The van der Waals surface area contributed by atoms with Gasteiger partial charge in [-0.1, -0.05) is 0 Å². The second-order valence-electron chi connectivity index (χ2n) is 5.78. The van der Waals surface area contributed by atoms with Gasteiger partial charge in [-0.3, -0.25) is 9.50 Å². The van der Waals surface area contributed by atoms with Crippen LogP contribution >= 0.6 is 11.3 Å². The molecule has 2 N–H and O–H groups in total. The predicted molar refractivity (Wildman–Crippen MR) is 84.6 cm³/mol. The number of anilines is 1. The van der Waals surface area contributed by atoms with Gasteiger partial charge in [-0.05, 0) is 13.8 Å². The predicted octanol–water partition coefficient (Wildman–Crippen LogP) is 2.10. The zero-order valence-corrected chi connectivity index (χ0v) is 13.3. The molecule has 1 atom stereocenters. The van der Waals surface area contributed by atoms with Crippen LogP contribution in [0, 0.1) is 13.8 Å². The van der Waals surface area contributed by atoms with Gasteiger partial charge in [-0.2, -0.15) is 5.10 Å². The van der Waals surface area contributed by atoms with Crippen molar-refractivity contribution in [3.8, 4) is 0 Å². The summed E-state index contributed by atoms with van der Waals surface area (Å²) < 4.78 is 7.32. The first-order chi connectivity index (χ1) is 11.1. The van der Waals surface area contributed by atoms with Gasteiger partial charge in [0.25, 0.3) is 0 Å². The Bertz CT molecular complexity index is 1010. The molecule has 116 valence electrons. The number of aromatic amines is 1. The lowest BCUT2D eigenvalue weighted by atomic mass is 9.84. The number of hydrogen-bond donors (Lipinski definition) is 2. The third kappa shape index (κ3) is 1.56. The van der Waals surface area contributed by atoms with E-state index >= 15 is 0 Å². The highest BCUT2D eigenvalue weighted by molar-refractivity contribution is 7.15. The van der Waals surface area contributed by atoms with Crippen molar-refractivity contribution < 1.29 is 9.53 Å². The van der Waals surface area contributed by atoms with Crippen LogP contribution in [0.2, 0.25) is 0 Å². The highest BCUT2D eigenvalue weighted by atomic mass is 32.1. The maximum atomic E-state index is 12.4. The maximum Gasteiger partial charge on any atom is 0.337 e. The van der Waals surface area contributed by atoms with Gasteiger partial charge in [0.1, 0.15) is 6.61 Å². The van der Waals surface area contributed by atoms with Crippen molar-refractivity contribution in [1.82, 2.24) is 19.6 Å². The normalized spacial score (nSPS) is 19.7. The van der Waals surface area contributed by atoms with Gasteiger partial charge < -0.3 is 10.1 Å². The van der Waals surface area contributed by atoms with Crippen LogP contribution in [0.1, 0.15) is 28.6 Å². The van der Waals surface area contributed by atoms with E-state index in [9.17, 15) is 4.79 Å². The Morgan fingerprint density at radius 2 is 2.30 bits per heavy atom. The van der Waals surface area contributed by atoms with E-state index in [2.05, 4.69) is 24.9 Å². The van der Waals surface area contributed by atoms with Crippen LogP contribution in [0.3, 0.4) is 0 Å². The average Bonchev–Trinajstić information content (AvgIpc) is 3.24. The summed E-state index contributed by atoms with van der Waals surface area (Å²) >= 11 is 1.58. The van der Waals surface area contributed by atoms with Crippen LogP contribution in [0.15, 0.2) is 22.8 Å². The topological polar surface area (TPSA) is 84.3 Å². The SMILES string of the molecule is Cc1nc2sccn2c1[C@@H]1C2=C(COC2=O)Nc2n[nH]c(C)c21. The molecule has 0 aromatic carbocycles. The molecule has 0 aliphatic carbocycles. The summed E-state index contributed by atoms with van der Waals surface area (Å²) in [6, 6.07) is 0. The fourth-order valence-corrected chi connectivity index (χ4v) is 4.28. The van der Waals surface area contributed by atoms with Crippen molar-refractivity contribution in [1.29, 1.82) is 0 Å². The first-order valence-electron chi connectivity index (χ1n) is 7.29. The first-order valence-corrected chi connectivity index (χ1v) is 8.17. The number of nitrogens with zero attached hydrogens (tertiary/aromatic N) is 3. The van der Waals surface area contributed by atoms with Crippen LogP contribution < -0.4 is 5.32 Å². The summed E-state index contributed by atoms with van der Waals surface area (Å²) in [6.45, 7) is 4.21. The largest absolute Gasteiger partial charge is 0.456 e. The lowest BCUT2D eigenvalue weighted by Crippen LogP contribution is -2.21. The van der Waals surface area contributed by atoms with Gasteiger partial charge in [-0.25, -0.2) is 9.78 Å². The van der Waals surface area contributed by atoms with Crippen molar-refractivity contribution >= 4 is 28.1 Å². The molecular formula is C15H13N5O2S. The molecule has 7 nitrogen and oxygen atoms in total. The average molecular weight is 327 g/mol. The number of imidazole rings is 1. The Morgan fingerprint density at radius 1 is 1.43 bits per heavy atom. The smallest absolute Gasteiger partial charge is 0.337 e. The van der Waals surface area contributed by atoms with Crippen LogP contribution in [-0.4, -0.2) is 32.2 Å². The van der Waals surface area contributed by atoms with E-state index in [1.807, 2.05) is 25.4 Å². The maximum absolute atomic E-state index is 12.4. The highest BCUT2D eigenvalue weighted by Crippen LogP contribution is 2.45. The number of carbonyl (C=O) groups excluding carboxylic acids is 1. The Balaban J connectivity index is 1.85. The van der Waals surface area contributed by atoms with Crippen molar-refractivity contribution in [3.05, 3.63) is 45.5 Å². The van der Waals surface area contributed by atoms with Crippen molar-refractivity contribution in [2.45, 2.75) is 19.8 Å². The molecule has 0 saturated heterocycles. The molecule has 0 unspecified atom stereocenters. The molecule has 5 rings (SSSR count). The van der Waals surface area contributed by atoms with E-state index in [1.165, 1.54) is 0 Å². The molecule has 0 amide bonds. The number of hydrogen-bond acceptors (Lipinski definition) is 6. The third-order valence-corrected chi connectivity index (χ3v) is 5.25. The fourth-order valence-electron chi connectivity index (χ4n) is 3.52. The van der Waals surface area contributed by atoms with E-state index in [0.717, 1.165) is 39.1 Å². The quantitative estimate of drug-likeness (QED) is 0.669. The molecule has 5 heterocycles. The minimum absolute atomic E-state index is 0.223. The molecule has 0 spiro atoms. The summed E-state index contributed by atoms with van der Waals surface area (Å²) in [5.74, 6) is 0.266. The van der Waals surface area contributed by atoms with Crippen molar-refractivity contribution in [2.24, 2.45) is 0 Å². The second kappa shape index (κ2) is 4.23. The van der Waals surface area contributed by atoms with Crippen LogP contribution in [0.25, 0.3) is 4.96 Å². The standard InChI is InChI=1S/C15H13N5O2S/c1-6-9-11(12-7(2)16-15-20(12)3-4-23-15)10-8(5-22-14(10)21)17-13(9)19-18-6/h3-4,11H,5H2,1-2H3,(H2,17,18,19)/t11-/m0/s1. The van der Waals surface area contributed by atoms with E-state index in [4.69, 9.17) is 4.74 Å². The minimum atomic E-state index is -0.270. The number of aryl methyl sites for hydroxylation is 2. The Kier molecular flexibility index (Phi) is 2.37. The van der Waals surface area contributed by atoms with E-state index in [-0.39, 0.29) is 18.5 Å². The molecule has 23 heavy (non-hydrogen) atoms. The molecule has 0 fully saturated rings. The highest BCUT2D eigenvalue weighted by Gasteiger charge is 2.42. The monoisotopic (exact) mass is 327 g/mol. The Hall–Kier alpha value is -2.61. The number of fused-ring (bicyclic) bond motifs is 2. The van der Waals surface area contributed by atoms with Gasteiger partial charge in [0.05, 0.1) is 28.6 Å². The van der Waals surface area contributed by atoms with Crippen molar-refractivity contribution in [3.63, 3.8) is 0 Å². The van der Waals surface area contributed by atoms with Crippen molar-refractivity contribution in [2.75, 3.05) is 11.9 Å². The lowest BCUT2D eigenvalue weighted by Gasteiger charge is -2.24. The first kappa shape index (κ1) is 12.9. The number of ether oxygens (including phenoxy) is 1. The van der Waals surface area contributed by atoms with E-state index < -0.39 is 0 Å². The number of nitrogens with one attached hydrogen (secondary N) is 2. The van der Waals surface area contributed by atoms with Crippen LogP contribution in [0.5, 0.6) is 0 Å². The zero-order valence-electron chi connectivity index (χ0n) is 12.5. The molecule has 0 saturated carbocycles. The number of H-pyrrole nitrogens is 1. The molecule has 2 aliphatic heterocycles. The summed E-state index contributed by atoms with van der Waals surface area (Å²) in [5, 5.41) is 12.6. The Labute approximate surface area is 135 Å². The molecule has 8 heteroatoms. The second-order valence-corrected chi connectivity index (χ2v) is 6.65. The number of thiazole rings is 1. The third-order valence-electron chi connectivity index (χ3n) is 4.49. The summed E-state index contributed by atoms with van der Waals surface area (Å²) in [5.41, 5.74) is 5.30. The van der Waals surface area contributed by atoms with Crippen LogP contribution in [-0.2, 0) is 9.53 Å². The Morgan fingerprint density at radius 3 is 3.17 bits per heavy atom. The number of rotatable bonds is 1. The van der Waals surface area contributed by atoms with Gasteiger partial charge in [0.15, 0.2) is 10.8 Å². The van der Waals surface area contributed by atoms with Gasteiger partial charge in [0, 0.05) is 22.8 Å². The number of aromatic nitrogens is 4. The zero-order chi connectivity index (χ0) is 15.7. The number of esters is 1. The molecule has 2 aliphatic rings. The molecule has 0 bridgehead atoms. The molecular weight excluding hydrogens is 314 g/mol. The summed E-state index contributed by atoms with van der Waals surface area (Å²) in [4.78, 5) is 17.9. The van der Waals surface area contributed by atoms with Gasteiger partial charge in [0.2, 0.25) is 0 Å². The molecule has 3 aromatic rings. The van der Waals surface area contributed by atoms with E-state index in [1.54, 1.807) is 11.3 Å². The van der Waals surface area contributed by atoms with E-state index in [0.29, 0.717) is 5.57 Å². The van der Waals surface area contributed by atoms with Gasteiger partial charge in [-0.15, -0.1) is 11.3 Å². The number of cyclic esters (lactones) is 1. The van der Waals surface area contributed by atoms with Gasteiger partial charge >= 0.3 is 5.97 Å². The summed E-state index contributed by atoms with van der Waals surface area (Å²) in [7, 11) is 0. The number of carbonyl (C=O) groups is 1. The fraction of sp³-hybridized carbons (Fsp3) is 0.267. The van der Waals surface area contributed by atoms with Crippen LogP contribution in [0.4, 0.5) is 5.82 Å². The summed E-state index contributed by atoms with van der Waals surface area (Å²) in [6.07, 6.45) is 1.99. The molecule has 0 radical (unpaired) electrons. The minimum Gasteiger partial charge on any atom is -0.456 e.